The lowest BCUT2D eigenvalue weighted by molar-refractivity contribution is -0.143. The van der Waals surface area contributed by atoms with Gasteiger partial charge in [-0.25, -0.2) is 0 Å². The predicted octanol–water partition coefficient (Wildman–Crippen LogP) is 4.25. The van der Waals surface area contributed by atoms with E-state index in [0.29, 0.717) is 22.8 Å². The quantitative estimate of drug-likeness (QED) is 0.761. The highest BCUT2D eigenvalue weighted by atomic mass is 35.5. The van der Waals surface area contributed by atoms with Crippen molar-refractivity contribution in [3.63, 3.8) is 0 Å². The van der Waals surface area contributed by atoms with Crippen LogP contribution in [0.15, 0.2) is 48.5 Å². The van der Waals surface area contributed by atoms with Gasteiger partial charge in [0.1, 0.15) is 11.9 Å². The summed E-state index contributed by atoms with van der Waals surface area (Å²) in [5.41, 5.74) is 1.48. The van der Waals surface area contributed by atoms with Gasteiger partial charge in [-0.15, -0.1) is 0 Å². The van der Waals surface area contributed by atoms with E-state index in [1.54, 1.807) is 50.2 Å². The summed E-state index contributed by atoms with van der Waals surface area (Å²) < 4.78 is 5.60. The molecule has 5 heteroatoms. The first-order chi connectivity index (χ1) is 11.4. The second-order valence-corrected chi connectivity index (χ2v) is 6.14. The highest BCUT2D eigenvalue weighted by molar-refractivity contribution is 6.30. The minimum atomic E-state index is -0.905. The van der Waals surface area contributed by atoms with E-state index in [0.717, 1.165) is 5.56 Å². The first kappa shape index (κ1) is 18.0. The average molecular weight is 347 g/mol. The van der Waals surface area contributed by atoms with Crippen LogP contribution in [0.3, 0.4) is 0 Å². The van der Waals surface area contributed by atoms with Crippen molar-refractivity contribution in [2.75, 3.05) is 0 Å². The van der Waals surface area contributed by atoms with E-state index in [2.05, 4.69) is 0 Å². The largest absolute Gasteiger partial charge is 0.490 e. The molecule has 2 aromatic carbocycles. The van der Waals surface area contributed by atoms with Crippen molar-refractivity contribution in [3.05, 3.63) is 64.7 Å². The molecule has 0 aliphatic heterocycles. The van der Waals surface area contributed by atoms with Crippen LogP contribution in [-0.2, 0) is 11.2 Å². The van der Waals surface area contributed by atoms with E-state index in [1.165, 1.54) is 0 Å². The molecule has 0 aromatic heterocycles. The lowest BCUT2D eigenvalue weighted by atomic mass is 10.0. The number of halogens is 1. The summed E-state index contributed by atoms with van der Waals surface area (Å²) >= 11 is 5.83. The van der Waals surface area contributed by atoms with Gasteiger partial charge in [-0.2, -0.15) is 0 Å². The van der Waals surface area contributed by atoms with E-state index in [4.69, 9.17) is 21.4 Å². The van der Waals surface area contributed by atoms with Crippen LogP contribution < -0.4 is 4.74 Å². The first-order valence-electron chi connectivity index (χ1n) is 7.64. The number of carboxylic acids is 1. The maximum Gasteiger partial charge on any atom is 0.309 e. The number of carbonyl (C=O) groups excluding carboxylic acids is 1. The highest BCUT2D eigenvalue weighted by Crippen LogP contribution is 2.18. The fourth-order valence-corrected chi connectivity index (χ4v) is 2.25. The van der Waals surface area contributed by atoms with Crippen LogP contribution in [0.5, 0.6) is 5.75 Å². The molecule has 0 saturated heterocycles. The zero-order chi connectivity index (χ0) is 17.7. The number of ether oxygens (including phenoxy) is 1. The zero-order valence-electron chi connectivity index (χ0n) is 13.5. The topological polar surface area (TPSA) is 63.6 Å². The normalized spacial score (nSPS) is 13.1. The van der Waals surface area contributed by atoms with Crippen LogP contribution in [0.1, 0.15) is 29.8 Å². The number of carboxylic acid groups (broad SMARTS) is 1. The Bertz CT molecular complexity index is 707. The number of rotatable bonds is 7. The van der Waals surface area contributed by atoms with E-state index in [9.17, 15) is 9.59 Å². The molecule has 0 bridgehead atoms. The highest BCUT2D eigenvalue weighted by Gasteiger charge is 2.21. The number of Topliss-reactive ketones (excluding diaryl/α,β-unsaturated/α-hetero) is 1. The molecule has 0 aliphatic carbocycles. The van der Waals surface area contributed by atoms with Crippen LogP contribution in [0, 0.1) is 5.92 Å². The lowest BCUT2D eigenvalue weighted by Gasteiger charge is -2.18. The summed E-state index contributed by atoms with van der Waals surface area (Å²) in [5.74, 6) is -0.983. The molecule has 0 radical (unpaired) electrons. The van der Waals surface area contributed by atoms with E-state index >= 15 is 0 Å². The average Bonchev–Trinajstić information content (AvgIpc) is 2.56. The molecular formula is C19H19ClO4. The van der Waals surface area contributed by atoms with Gasteiger partial charge in [0, 0.05) is 17.0 Å². The molecule has 0 aliphatic rings. The number of benzene rings is 2. The number of hydrogen-bond acceptors (Lipinski definition) is 3. The van der Waals surface area contributed by atoms with Crippen LogP contribution in [-0.4, -0.2) is 23.0 Å². The van der Waals surface area contributed by atoms with Gasteiger partial charge in [-0.05, 0) is 55.8 Å². The third kappa shape index (κ3) is 4.83. The van der Waals surface area contributed by atoms with Gasteiger partial charge in [0.2, 0.25) is 0 Å². The molecule has 2 atom stereocenters. The van der Waals surface area contributed by atoms with Crippen molar-refractivity contribution in [2.24, 2.45) is 5.92 Å². The Morgan fingerprint density at radius 1 is 1.04 bits per heavy atom. The molecule has 4 nitrogen and oxygen atoms in total. The van der Waals surface area contributed by atoms with Gasteiger partial charge in [0.15, 0.2) is 5.78 Å². The molecule has 0 fully saturated rings. The minimum Gasteiger partial charge on any atom is -0.490 e. The Labute approximate surface area is 146 Å². The smallest absolute Gasteiger partial charge is 0.309 e. The van der Waals surface area contributed by atoms with Gasteiger partial charge in [0.25, 0.3) is 0 Å². The van der Waals surface area contributed by atoms with E-state index < -0.39 is 18.0 Å². The molecule has 2 aromatic rings. The zero-order valence-corrected chi connectivity index (χ0v) is 14.3. The van der Waals surface area contributed by atoms with Gasteiger partial charge in [-0.3, -0.25) is 9.59 Å². The number of ketones is 1. The Balaban J connectivity index is 1.99. The Morgan fingerprint density at radius 2 is 1.62 bits per heavy atom. The summed E-state index contributed by atoms with van der Waals surface area (Å²) in [4.78, 5) is 23.2. The molecular weight excluding hydrogens is 328 g/mol. The number of aliphatic carboxylic acids is 1. The van der Waals surface area contributed by atoms with Crippen molar-refractivity contribution in [2.45, 2.75) is 26.4 Å². The van der Waals surface area contributed by atoms with Crippen LogP contribution >= 0.6 is 11.6 Å². The second-order valence-electron chi connectivity index (χ2n) is 5.70. The monoisotopic (exact) mass is 346 g/mol. The van der Waals surface area contributed by atoms with E-state index in [-0.39, 0.29) is 5.78 Å². The van der Waals surface area contributed by atoms with Crippen molar-refractivity contribution in [1.29, 1.82) is 0 Å². The maximum atomic E-state index is 12.3. The molecule has 0 amide bonds. The molecule has 2 unspecified atom stereocenters. The van der Waals surface area contributed by atoms with Crippen molar-refractivity contribution in [1.82, 2.24) is 0 Å². The standard InChI is InChI=1S/C19H19ClO4/c1-12(19(22)23)13(2)24-17-9-5-15(6-10-17)18(21)11-14-3-7-16(20)8-4-14/h3-10,12-13H,11H2,1-2H3,(H,22,23). The molecule has 0 saturated carbocycles. The second kappa shape index (κ2) is 7.97. The van der Waals surface area contributed by atoms with E-state index in [1.807, 2.05) is 12.1 Å². The molecule has 1 N–H and O–H groups in total. The molecule has 24 heavy (non-hydrogen) atoms. The lowest BCUT2D eigenvalue weighted by Crippen LogP contribution is -2.27. The van der Waals surface area contributed by atoms with Crippen molar-refractivity contribution < 1.29 is 19.4 Å². The van der Waals surface area contributed by atoms with Crippen LogP contribution in [0.2, 0.25) is 5.02 Å². The Hall–Kier alpha value is -2.33. The van der Waals surface area contributed by atoms with Crippen molar-refractivity contribution in [3.8, 4) is 5.75 Å². The molecule has 0 spiro atoms. The molecule has 0 heterocycles. The molecule has 2 rings (SSSR count). The summed E-state index contributed by atoms with van der Waals surface area (Å²) in [5, 5.41) is 9.61. The summed E-state index contributed by atoms with van der Waals surface area (Å²) in [6, 6.07) is 13.9. The summed E-state index contributed by atoms with van der Waals surface area (Å²) in [7, 11) is 0. The third-order valence-electron chi connectivity index (χ3n) is 3.87. The van der Waals surface area contributed by atoms with Gasteiger partial charge in [-0.1, -0.05) is 23.7 Å². The predicted molar refractivity (Wildman–Crippen MR) is 92.8 cm³/mol. The summed E-state index contributed by atoms with van der Waals surface area (Å²) in [6.07, 6.45) is -0.165. The van der Waals surface area contributed by atoms with Gasteiger partial charge in [0.05, 0.1) is 5.92 Å². The fraction of sp³-hybridized carbons (Fsp3) is 0.263. The maximum absolute atomic E-state index is 12.3. The fourth-order valence-electron chi connectivity index (χ4n) is 2.13. The van der Waals surface area contributed by atoms with Crippen LogP contribution in [0.4, 0.5) is 0 Å². The van der Waals surface area contributed by atoms with Crippen molar-refractivity contribution >= 4 is 23.4 Å². The third-order valence-corrected chi connectivity index (χ3v) is 4.12. The SMILES string of the molecule is CC(Oc1ccc(C(=O)Cc2ccc(Cl)cc2)cc1)C(C)C(=O)O. The Kier molecular flexibility index (Phi) is 5.99. The Morgan fingerprint density at radius 3 is 2.17 bits per heavy atom. The summed E-state index contributed by atoms with van der Waals surface area (Å²) in [6.45, 7) is 3.30. The van der Waals surface area contributed by atoms with Gasteiger partial charge >= 0.3 is 5.97 Å². The van der Waals surface area contributed by atoms with Gasteiger partial charge < -0.3 is 9.84 Å². The number of carbonyl (C=O) groups is 2. The molecule has 126 valence electrons. The first-order valence-corrected chi connectivity index (χ1v) is 8.02. The van der Waals surface area contributed by atoms with Crippen LogP contribution in [0.25, 0.3) is 0 Å². The minimum absolute atomic E-state index is 0.00387. The number of hydrogen-bond donors (Lipinski definition) is 1.